The van der Waals surface area contributed by atoms with E-state index in [1.165, 1.54) is 5.56 Å². The molecule has 3 atom stereocenters. The zero-order valence-electron chi connectivity index (χ0n) is 23.7. The van der Waals surface area contributed by atoms with Crippen LogP contribution in [0.15, 0.2) is 79.9 Å². The van der Waals surface area contributed by atoms with Gasteiger partial charge in [-0.3, -0.25) is 14.4 Å². The van der Waals surface area contributed by atoms with Gasteiger partial charge in [-0.1, -0.05) is 66.7 Å². The van der Waals surface area contributed by atoms with Crippen LogP contribution in [0, 0.1) is 5.92 Å². The highest BCUT2D eigenvalue weighted by molar-refractivity contribution is 7.98. The number of hydrogen-bond acceptors (Lipinski definition) is 6. The van der Waals surface area contributed by atoms with Gasteiger partial charge in [-0.05, 0) is 42.4 Å². The van der Waals surface area contributed by atoms with Crippen LogP contribution in [0.3, 0.4) is 0 Å². The fourth-order valence-corrected chi connectivity index (χ4v) is 5.87. The third-order valence-electron chi connectivity index (χ3n) is 7.14. The van der Waals surface area contributed by atoms with E-state index in [9.17, 15) is 19.5 Å². The maximum Gasteiger partial charge on any atom is 0.305 e. The lowest BCUT2D eigenvalue weighted by molar-refractivity contribution is -0.145. The smallest absolute Gasteiger partial charge is 0.305 e. The van der Waals surface area contributed by atoms with E-state index < -0.39 is 12.0 Å². The molecule has 0 unspecified atom stereocenters. The molecule has 1 heterocycles. The Hall–Kier alpha value is -3.36. The Morgan fingerprint density at radius 1 is 1.07 bits per heavy atom. The van der Waals surface area contributed by atoms with Crippen LogP contribution in [0.5, 0.6) is 0 Å². The lowest BCUT2D eigenvalue weighted by Crippen LogP contribution is -2.48. The topological polar surface area (TPSA) is 95.9 Å². The molecule has 8 heteroatoms. The number of thioether (sulfide) groups is 1. The summed E-state index contributed by atoms with van der Waals surface area (Å²) in [6, 6.07) is 17.2. The number of ether oxygens (including phenoxy) is 1. The first-order valence-corrected chi connectivity index (χ1v) is 15.4. The molecule has 0 aromatic heterocycles. The molecule has 2 N–H and O–H groups in total. The molecule has 41 heavy (non-hydrogen) atoms. The lowest BCUT2D eigenvalue weighted by Gasteiger charge is -2.36. The summed E-state index contributed by atoms with van der Waals surface area (Å²) in [5.74, 6) is -0.0777. The Morgan fingerprint density at radius 3 is 2.51 bits per heavy atom. The molecule has 0 fully saturated rings. The van der Waals surface area contributed by atoms with Crippen LogP contribution in [-0.4, -0.2) is 58.8 Å². The molecule has 0 spiro atoms. The van der Waals surface area contributed by atoms with E-state index in [0.29, 0.717) is 38.0 Å². The number of unbranched alkanes of at least 4 members (excludes halogenated alkanes) is 1. The summed E-state index contributed by atoms with van der Waals surface area (Å²) < 4.78 is 5.51. The standard InChI is InChI=1S/C33H42N2O5S/c1-3-5-7-17-32(38)40-22-29(24-41-23-25-13-8-6-9-14-25)34-33(39)27(12-4-2)19-31(37)35-20-28-16-11-10-15-26(28)18-30(35)21-36/h3-4,6,8-11,13-16,27,29-30,36H,1-2,5,7,12,17-24H2,(H,34,39)/t27-,29-,30+/m1/s1. The second-order valence-electron chi connectivity index (χ2n) is 10.3. The molecule has 1 aliphatic heterocycles. The predicted octanol–water partition coefficient (Wildman–Crippen LogP) is 4.83. The molecule has 0 saturated carbocycles. The zero-order valence-corrected chi connectivity index (χ0v) is 24.5. The van der Waals surface area contributed by atoms with Crippen molar-refractivity contribution in [3.8, 4) is 0 Å². The fraction of sp³-hybridized carbons (Fsp3) is 0.424. The summed E-state index contributed by atoms with van der Waals surface area (Å²) in [5, 5.41) is 13.0. The number of rotatable bonds is 17. The third-order valence-corrected chi connectivity index (χ3v) is 8.32. The van der Waals surface area contributed by atoms with Crippen molar-refractivity contribution < 1.29 is 24.2 Å². The van der Waals surface area contributed by atoms with Crippen molar-refractivity contribution in [2.75, 3.05) is 19.0 Å². The number of amides is 2. The van der Waals surface area contributed by atoms with E-state index in [1.807, 2.05) is 54.6 Å². The monoisotopic (exact) mass is 578 g/mol. The third kappa shape index (κ3) is 10.5. The Morgan fingerprint density at radius 2 is 1.80 bits per heavy atom. The summed E-state index contributed by atoms with van der Waals surface area (Å²) >= 11 is 1.65. The number of aliphatic hydroxyl groups excluding tert-OH is 1. The van der Waals surface area contributed by atoms with Gasteiger partial charge in [0.2, 0.25) is 11.8 Å². The van der Waals surface area contributed by atoms with Crippen molar-refractivity contribution >= 4 is 29.5 Å². The summed E-state index contributed by atoms with van der Waals surface area (Å²) in [5.41, 5.74) is 3.35. The number of hydrogen-bond donors (Lipinski definition) is 2. The van der Waals surface area contributed by atoms with E-state index in [4.69, 9.17) is 4.74 Å². The van der Waals surface area contributed by atoms with Gasteiger partial charge in [0.05, 0.1) is 24.6 Å². The van der Waals surface area contributed by atoms with Gasteiger partial charge < -0.3 is 20.1 Å². The zero-order chi connectivity index (χ0) is 29.5. The predicted molar refractivity (Wildman–Crippen MR) is 164 cm³/mol. The number of fused-ring (bicyclic) bond motifs is 1. The van der Waals surface area contributed by atoms with Crippen LogP contribution < -0.4 is 5.32 Å². The van der Waals surface area contributed by atoms with Crippen molar-refractivity contribution in [1.29, 1.82) is 0 Å². The fourth-order valence-electron chi connectivity index (χ4n) is 4.85. The number of allylic oxidation sites excluding steroid dienone is 2. The molecule has 3 rings (SSSR count). The Labute approximate surface area is 248 Å². The molecule has 7 nitrogen and oxygen atoms in total. The van der Waals surface area contributed by atoms with E-state index in [2.05, 4.69) is 18.5 Å². The normalized spacial score (nSPS) is 15.7. The number of carbonyl (C=O) groups excluding carboxylic acids is 3. The summed E-state index contributed by atoms with van der Waals surface area (Å²) in [6.45, 7) is 7.80. The first-order valence-electron chi connectivity index (χ1n) is 14.2. The first kappa shape index (κ1) is 32.2. The van der Waals surface area contributed by atoms with Crippen molar-refractivity contribution in [1.82, 2.24) is 10.2 Å². The molecule has 0 bridgehead atoms. The average molecular weight is 579 g/mol. The molecular weight excluding hydrogens is 536 g/mol. The number of nitrogens with one attached hydrogen (secondary N) is 1. The van der Waals surface area contributed by atoms with E-state index >= 15 is 0 Å². The van der Waals surface area contributed by atoms with Crippen LogP contribution in [0.1, 0.15) is 48.8 Å². The number of aliphatic hydroxyl groups is 1. The molecule has 2 aromatic rings. The van der Waals surface area contributed by atoms with Gasteiger partial charge in [0.25, 0.3) is 0 Å². The van der Waals surface area contributed by atoms with Crippen LogP contribution in [0.2, 0.25) is 0 Å². The number of nitrogens with zero attached hydrogens (tertiary/aromatic N) is 1. The minimum Gasteiger partial charge on any atom is -0.463 e. The van der Waals surface area contributed by atoms with Crippen molar-refractivity contribution in [2.45, 2.75) is 62.9 Å². The second-order valence-corrected chi connectivity index (χ2v) is 11.4. The van der Waals surface area contributed by atoms with Crippen molar-refractivity contribution in [3.05, 3.63) is 96.6 Å². The van der Waals surface area contributed by atoms with E-state index in [0.717, 1.165) is 23.3 Å². The maximum absolute atomic E-state index is 13.5. The van der Waals surface area contributed by atoms with Gasteiger partial charge in [0.1, 0.15) is 6.61 Å². The minimum atomic E-state index is -0.624. The summed E-state index contributed by atoms with van der Waals surface area (Å²) in [6.07, 6.45) is 6.02. The van der Waals surface area contributed by atoms with Gasteiger partial charge in [-0.15, -0.1) is 13.2 Å². The molecule has 0 saturated heterocycles. The SMILES string of the molecule is C=CCCCC(=O)OC[C@H](CSCc1ccccc1)NC(=O)[C@H](CC=C)CC(=O)N1Cc2ccccc2C[C@H]1CO. The second kappa shape index (κ2) is 17.5. The van der Waals surface area contributed by atoms with Gasteiger partial charge in [-0.25, -0.2) is 0 Å². The van der Waals surface area contributed by atoms with Crippen LogP contribution >= 0.6 is 11.8 Å². The molecule has 0 aliphatic carbocycles. The molecule has 0 radical (unpaired) electrons. The maximum atomic E-state index is 13.5. The summed E-state index contributed by atoms with van der Waals surface area (Å²) in [4.78, 5) is 40.8. The highest BCUT2D eigenvalue weighted by Gasteiger charge is 2.32. The Kier molecular flexibility index (Phi) is 13.7. The van der Waals surface area contributed by atoms with Crippen molar-refractivity contribution in [2.24, 2.45) is 5.92 Å². The van der Waals surface area contributed by atoms with Crippen LogP contribution in [0.4, 0.5) is 0 Å². The van der Waals surface area contributed by atoms with Gasteiger partial charge in [-0.2, -0.15) is 11.8 Å². The average Bonchev–Trinajstić information content (AvgIpc) is 2.99. The largest absolute Gasteiger partial charge is 0.463 e. The lowest BCUT2D eigenvalue weighted by atomic mass is 9.92. The first-order chi connectivity index (χ1) is 19.9. The summed E-state index contributed by atoms with van der Waals surface area (Å²) in [7, 11) is 0. The Bertz CT molecular complexity index is 1160. The van der Waals surface area contributed by atoms with Gasteiger partial charge in [0.15, 0.2) is 0 Å². The Balaban J connectivity index is 1.63. The van der Waals surface area contributed by atoms with E-state index in [1.54, 1.807) is 28.8 Å². The van der Waals surface area contributed by atoms with Crippen LogP contribution in [-0.2, 0) is 37.8 Å². The number of benzene rings is 2. The van der Waals surface area contributed by atoms with Crippen molar-refractivity contribution in [3.63, 3.8) is 0 Å². The quantitative estimate of drug-likeness (QED) is 0.159. The molecule has 1 aliphatic rings. The molecule has 2 aromatic carbocycles. The number of esters is 1. The highest BCUT2D eigenvalue weighted by atomic mass is 32.2. The molecule has 2 amide bonds. The minimum absolute atomic E-state index is 0.00173. The molecular formula is C33H42N2O5S. The van der Waals surface area contributed by atoms with Crippen LogP contribution in [0.25, 0.3) is 0 Å². The highest BCUT2D eigenvalue weighted by Crippen LogP contribution is 2.25. The number of carbonyl (C=O) groups is 3. The molecule has 220 valence electrons. The van der Waals surface area contributed by atoms with Gasteiger partial charge >= 0.3 is 5.97 Å². The van der Waals surface area contributed by atoms with Gasteiger partial charge in [0, 0.05) is 30.9 Å². The van der Waals surface area contributed by atoms with E-state index in [-0.39, 0.29) is 43.5 Å².